The molecule has 4 nitrogen and oxygen atoms in total. The van der Waals surface area contributed by atoms with Gasteiger partial charge in [-0.3, -0.25) is 4.79 Å². The Morgan fingerprint density at radius 3 is 2.79 bits per heavy atom. The van der Waals surface area contributed by atoms with Gasteiger partial charge in [0.05, 0.1) is 12.7 Å². The van der Waals surface area contributed by atoms with Crippen molar-refractivity contribution in [3.63, 3.8) is 0 Å². The smallest absolute Gasteiger partial charge is 0.337 e. The average molecular weight is 193 g/mol. The molecular weight excluding hydrogens is 182 g/mol. The summed E-state index contributed by atoms with van der Waals surface area (Å²) in [6.45, 7) is 0. The monoisotopic (exact) mass is 193 g/mol. The first-order valence-corrected chi connectivity index (χ1v) is 4.05. The zero-order valence-corrected chi connectivity index (χ0v) is 8.06. The number of carbonyl (C=O) groups is 2. The Hall–Kier alpha value is -1.84. The lowest BCUT2D eigenvalue weighted by molar-refractivity contribution is -0.107. The molecule has 74 valence electrons. The SMILES string of the molecule is COC(=O)c1cccc(N(C)C=O)c1. The van der Waals surface area contributed by atoms with Gasteiger partial charge in [0, 0.05) is 12.7 Å². The minimum Gasteiger partial charge on any atom is -0.465 e. The number of carbonyl (C=O) groups excluding carboxylic acids is 2. The molecule has 0 saturated heterocycles. The summed E-state index contributed by atoms with van der Waals surface area (Å²) in [4.78, 5) is 23.0. The topological polar surface area (TPSA) is 46.6 Å². The first-order chi connectivity index (χ1) is 6.69. The molecule has 0 radical (unpaired) electrons. The Labute approximate surface area is 82.1 Å². The van der Waals surface area contributed by atoms with Crippen molar-refractivity contribution in [3.05, 3.63) is 29.8 Å². The fourth-order valence-electron chi connectivity index (χ4n) is 1.03. The standard InChI is InChI=1S/C10H11NO3/c1-11(7-12)9-5-3-4-8(6-9)10(13)14-2/h3-7H,1-2H3. The van der Waals surface area contributed by atoms with Crippen LogP contribution in [0.15, 0.2) is 24.3 Å². The van der Waals surface area contributed by atoms with Crippen molar-refractivity contribution in [3.8, 4) is 0 Å². The van der Waals surface area contributed by atoms with Gasteiger partial charge in [-0.25, -0.2) is 4.79 Å². The second-order valence-corrected chi connectivity index (χ2v) is 2.76. The van der Waals surface area contributed by atoms with Gasteiger partial charge < -0.3 is 9.64 Å². The number of hydrogen-bond donors (Lipinski definition) is 0. The summed E-state index contributed by atoms with van der Waals surface area (Å²) < 4.78 is 4.56. The number of esters is 1. The summed E-state index contributed by atoms with van der Waals surface area (Å²) in [7, 11) is 2.93. The van der Waals surface area contributed by atoms with Crippen LogP contribution in [0.1, 0.15) is 10.4 Å². The third-order valence-electron chi connectivity index (χ3n) is 1.83. The van der Waals surface area contributed by atoms with Crippen molar-refractivity contribution >= 4 is 18.1 Å². The number of ether oxygens (including phenoxy) is 1. The van der Waals surface area contributed by atoms with Crippen molar-refractivity contribution in [1.82, 2.24) is 0 Å². The summed E-state index contributed by atoms with van der Waals surface area (Å²) >= 11 is 0. The highest BCUT2D eigenvalue weighted by atomic mass is 16.5. The van der Waals surface area contributed by atoms with Gasteiger partial charge in [-0.05, 0) is 18.2 Å². The van der Waals surface area contributed by atoms with Gasteiger partial charge in [0.25, 0.3) is 0 Å². The van der Waals surface area contributed by atoms with Gasteiger partial charge >= 0.3 is 5.97 Å². The number of anilines is 1. The van der Waals surface area contributed by atoms with Crippen molar-refractivity contribution in [2.75, 3.05) is 19.1 Å². The van der Waals surface area contributed by atoms with Crippen LogP contribution in [0.25, 0.3) is 0 Å². The minimum absolute atomic E-state index is 0.411. The molecule has 0 atom stereocenters. The van der Waals surface area contributed by atoms with Crippen molar-refractivity contribution in [2.45, 2.75) is 0 Å². The zero-order chi connectivity index (χ0) is 10.6. The van der Waals surface area contributed by atoms with Gasteiger partial charge in [0.1, 0.15) is 0 Å². The van der Waals surface area contributed by atoms with Gasteiger partial charge in [-0.15, -0.1) is 0 Å². The Bertz CT molecular complexity index is 349. The predicted octanol–water partition coefficient (Wildman–Crippen LogP) is 1.07. The Morgan fingerprint density at radius 2 is 2.21 bits per heavy atom. The third-order valence-corrected chi connectivity index (χ3v) is 1.83. The lowest BCUT2D eigenvalue weighted by atomic mass is 10.2. The molecule has 14 heavy (non-hydrogen) atoms. The lowest BCUT2D eigenvalue weighted by Gasteiger charge is -2.10. The van der Waals surface area contributed by atoms with E-state index >= 15 is 0 Å². The van der Waals surface area contributed by atoms with Crippen LogP contribution in [0.2, 0.25) is 0 Å². The van der Waals surface area contributed by atoms with Crippen LogP contribution in [0.4, 0.5) is 5.69 Å². The summed E-state index contributed by atoms with van der Waals surface area (Å²) in [5, 5.41) is 0. The molecule has 0 N–H and O–H groups in total. The highest BCUT2D eigenvalue weighted by Gasteiger charge is 2.06. The fourth-order valence-corrected chi connectivity index (χ4v) is 1.03. The highest BCUT2D eigenvalue weighted by molar-refractivity contribution is 5.91. The molecule has 1 aromatic carbocycles. The lowest BCUT2D eigenvalue weighted by Crippen LogP contribution is -2.14. The van der Waals surface area contributed by atoms with Crippen LogP contribution >= 0.6 is 0 Å². The van der Waals surface area contributed by atoms with E-state index in [4.69, 9.17) is 0 Å². The van der Waals surface area contributed by atoms with E-state index in [9.17, 15) is 9.59 Å². The molecule has 0 saturated carbocycles. The summed E-state index contributed by atoms with van der Waals surface area (Å²) in [6, 6.07) is 6.66. The average Bonchev–Trinajstić information content (AvgIpc) is 2.27. The zero-order valence-electron chi connectivity index (χ0n) is 8.06. The fraction of sp³-hybridized carbons (Fsp3) is 0.200. The summed E-state index contributed by atoms with van der Waals surface area (Å²) in [5.74, 6) is -0.411. The Balaban J connectivity index is 3.00. The number of rotatable bonds is 3. The largest absolute Gasteiger partial charge is 0.465 e. The van der Waals surface area contributed by atoms with Crippen LogP contribution in [0.5, 0.6) is 0 Å². The maximum absolute atomic E-state index is 11.1. The maximum atomic E-state index is 11.1. The van der Waals surface area contributed by atoms with Crippen molar-refractivity contribution in [2.24, 2.45) is 0 Å². The van der Waals surface area contributed by atoms with E-state index in [0.29, 0.717) is 17.7 Å². The second kappa shape index (κ2) is 4.41. The molecule has 0 aliphatic carbocycles. The van der Waals surface area contributed by atoms with Crippen LogP contribution in [-0.2, 0) is 9.53 Å². The van der Waals surface area contributed by atoms with E-state index in [0.717, 1.165) is 0 Å². The van der Waals surface area contributed by atoms with Crippen LogP contribution < -0.4 is 4.90 Å². The maximum Gasteiger partial charge on any atom is 0.337 e. The summed E-state index contributed by atoms with van der Waals surface area (Å²) in [6.07, 6.45) is 0.677. The van der Waals surface area contributed by atoms with Gasteiger partial charge in [-0.2, -0.15) is 0 Å². The van der Waals surface area contributed by atoms with Crippen LogP contribution in [0.3, 0.4) is 0 Å². The number of methoxy groups -OCH3 is 1. The number of amides is 1. The molecule has 0 aliphatic heterocycles. The van der Waals surface area contributed by atoms with E-state index in [1.807, 2.05) is 0 Å². The molecule has 0 fully saturated rings. The quantitative estimate of drug-likeness (QED) is 0.532. The summed E-state index contributed by atoms with van der Waals surface area (Å²) in [5.41, 5.74) is 1.08. The number of benzene rings is 1. The van der Waals surface area contributed by atoms with Gasteiger partial charge in [-0.1, -0.05) is 6.07 Å². The van der Waals surface area contributed by atoms with E-state index < -0.39 is 5.97 Å². The van der Waals surface area contributed by atoms with Crippen LogP contribution in [0, 0.1) is 0 Å². The van der Waals surface area contributed by atoms with Crippen molar-refractivity contribution < 1.29 is 14.3 Å². The Kier molecular flexibility index (Phi) is 3.23. The molecule has 0 heterocycles. The van der Waals surface area contributed by atoms with Crippen LogP contribution in [-0.4, -0.2) is 26.5 Å². The van der Waals surface area contributed by atoms with Crippen molar-refractivity contribution in [1.29, 1.82) is 0 Å². The van der Waals surface area contributed by atoms with E-state index in [1.165, 1.54) is 12.0 Å². The van der Waals surface area contributed by atoms with E-state index in [1.54, 1.807) is 31.3 Å². The Morgan fingerprint density at radius 1 is 1.50 bits per heavy atom. The molecule has 1 amide bonds. The first kappa shape index (κ1) is 10.2. The molecule has 0 aliphatic rings. The molecule has 0 aromatic heterocycles. The van der Waals surface area contributed by atoms with Gasteiger partial charge in [0.15, 0.2) is 0 Å². The first-order valence-electron chi connectivity index (χ1n) is 4.05. The molecule has 0 spiro atoms. The molecule has 0 unspecified atom stereocenters. The molecule has 1 aromatic rings. The van der Waals surface area contributed by atoms with E-state index in [2.05, 4.69) is 4.74 Å². The minimum atomic E-state index is -0.411. The number of hydrogen-bond acceptors (Lipinski definition) is 3. The molecule has 0 bridgehead atoms. The third kappa shape index (κ3) is 2.10. The van der Waals surface area contributed by atoms with Gasteiger partial charge in [0.2, 0.25) is 6.41 Å². The molecule has 1 rings (SSSR count). The molecular formula is C10H11NO3. The normalized spacial score (nSPS) is 9.29. The predicted molar refractivity (Wildman–Crippen MR) is 52.2 cm³/mol. The highest BCUT2D eigenvalue weighted by Crippen LogP contribution is 2.13. The molecule has 4 heteroatoms. The van der Waals surface area contributed by atoms with E-state index in [-0.39, 0.29) is 0 Å². The second-order valence-electron chi connectivity index (χ2n) is 2.76. The number of nitrogens with zero attached hydrogens (tertiary/aromatic N) is 1.